The lowest BCUT2D eigenvalue weighted by molar-refractivity contribution is -0.128. The fourth-order valence-corrected chi connectivity index (χ4v) is 2.18. The monoisotopic (exact) mass is 284 g/mol. The first-order valence-electron chi connectivity index (χ1n) is 7.52. The van der Waals surface area contributed by atoms with Crippen molar-refractivity contribution in [3.8, 4) is 0 Å². The van der Waals surface area contributed by atoms with Gasteiger partial charge >= 0.3 is 6.16 Å². The van der Waals surface area contributed by atoms with E-state index in [1.165, 1.54) is 0 Å². The first-order valence-corrected chi connectivity index (χ1v) is 7.52. The van der Waals surface area contributed by atoms with Crippen LogP contribution in [0.25, 0.3) is 0 Å². The third-order valence-electron chi connectivity index (χ3n) is 3.09. The van der Waals surface area contributed by atoms with Crippen LogP contribution in [0.5, 0.6) is 0 Å². The zero-order valence-electron chi connectivity index (χ0n) is 13.3. The number of rotatable bonds is 4. The first-order chi connectivity index (χ1) is 9.31. The predicted molar refractivity (Wildman–Crippen MR) is 78.7 cm³/mol. The Kier molecular flexibility index (Phi) is 6.53. The molecule has 0 aromatic heterocycles. The molecule has 0 aliphatic carbocycles. The van der Waals surface area contributed by atoms with Gasteiger partial charge < -0.3 is 14.2 Å². The topological polar surface area (TPSA) is 44.8 Å². The van der Waals surface area contributed by atoms with Gasteiger partial charge in [-0.2, -0.15) is 0 Å². The van der Waals surface area contributed by atoms with Gasteiger partial charge in [0.2, 0.25) is 0 Å². The summed E-state index contributed by atoms with van der Waals surface area (Å²) >= 11 is 0. The standard InChI is InChI=1S/C16H28O4/c1-6-7-8-9-13-14(11-10-12(2)18-13)19-15(17)20-16(3,4)5/h7-8,12-14H,6,9-11H2,1-5H3/b8-7+/t12-,13-,14-/m0/s1. The third-order valence-corrected chi connectivity index (χ3v) is 3.09. The second-order valence-electron chi connectivity index (χ2n) is 6.30. The van der Waals surface area contributed by atoms with Crippen LogP contribution in [0.2, 0.25) is 0 Å². The van der Waals surface area contributed by atoms with Crippen LogP contribution in [0.1, 0.15) is 60.3 Å². The molecule has 1 aliphatic rings. The van der Waals surface area contributed by atoms with E-state index in [0.29, 0.717) is 0 Å². The number of allylic oxidation sites excluding steroid dienone is 1. The maximum Gasteiger partial charge on any atom is 0.509 e. The molecular weight excluding hydrogens is 256 g/mol. The van der Waals surface area contributed by atoms with Crippen LogP contribution in [-0.4, -0.2) is 30.1 Å². The van der Waals surface area contributed by atoms with Crippen LogP contribution in [0.3, 0.4) is 0 Å². The Morgan fingerprint density at radius 3 is 2.60 bits per heavy atom. The molecule has 1 saturated heterocycles. The Morgan fingerprint density at radius 1 is 1.30 bits per heavy atom. The molecule has 0 N–H and O–H groups in total. The molecule has 20 heavy (non-hydrogen) atoms. The molecule has 0 amide bonds. The fraction of sp³-hybridized carbons (Fsp3) is 0.812. The Balaban J connectivity index is 2.55. The molecular formula is C16H28O4. The molecule has 0 aromatic rings. The van der Waals surface area contributed by atoms with Gasteiger partial charge in [0.05, 0.1) is 12.2 Å². The Labute approximate surface area is 122 Å². The lowest BCUT2D eigenvalue weighted by Gasteiger charge is -2.34. The van der Waals surface area contributed by atoms with Crippen molar-refractivity contribution in [1.29, 1.82) is 0 Å². The van der Waals surface area contributed by atoms with Crippen LogP contribution in [0.15, 0.2) is 12.2 Å². The highest BCUT2D eigenvalue weighted by Crippen LogP contribution is 2.25. The van der Waals surface area contributed by atoms with Crippen molar-refractivity contribution in [3.63, 3.8) is 0 Å². The minimum atomic E-state index is -0.606. The molecule has 0 aromatic carbocycles. The Morgan fingerprint density at radius 2 is 2.00 bits per heavy atom. The third kappa shape index (κ3) is 6.42. The van der Waals surface area contributed by atoms with Gasteiger partial charge in [-0.25, -0.2) is 4.79 Å². The summed E-state index contributed by atoms with van der Waals surface area (Å²) in [4.78, 5) is 11.8. The zero-order chi connectivity index (χ0) is 15.2. The van der Waals surface area contributed by atoms with Crippen molar-refractivity contribution in [2.45, 2.75) is 84.2 Å². The van der Waals surface area contributed by atoms with Crippen LogP contribution in [0.4, 0.5) is 4.79 Å². The van der Waals surface area contributed by atoms with Crippen LogP contribution in [-0.2, 0) is 14.2 Å². The second kappa shape index (κ2) is 7.67. The van der Waals surface area contributed by atoms with Gasteiger partial charge in [-0.05, 0) is 53.4 Å². The predicted octanol–water partition coefficient (Wildman–Crippen LogP) is 4.23. The highest BCUT2D eigenvalue weighted by molar-refractivity contribution is 5.60. The van der Waals surface area contributed by atoms with Gasteiger partial charge in [0.15, 0.2) is 0 Å². The van der Waals surface area contributed by atoms with E-state index < -0.39 is 11.8 Å². The van der Waals surface area contributed by atoms with E-state index in [1.807, 2.05) is 20.8 Å². The average molecular weight is 284 g/mol. The molecule has 3 atom stereocenters. The molecule has 0 saturated carbocycles. The van der Waals surface area contributed by atoms with E-state index in [2.05, 4.69) is 26.0 Å². The lowest BCUT2D eigenvalue weighted by Crippen LogP contribution is -2.41. The summed E-state index contributed by atoms with van der Waals surface area (Å²) < 4.78 is 16.5. The van der Waals surface area contributed by atoms with Crippen molar-refractivity contribution in [2.75, 3.05) is 0 Å². The fourth-order valence-electron chi connectivity index (χ4n) is 2.18. The van der Waals surface area contributed by atoms with Gasteiger partial charge in [0, 0.05) is 0 Å². The average Bonchev–Trinajstić information content (AvgIpc) is 2.30. The van der Waals surface area contributed by atoms with Crippen molar-refractivity contribution in [1.82, 2.24) is 0 Å². The molecule has 4 nitrogen and oxygen atoms in total. The maximum absolute atomic E-state index is 11.8. The number of carbonyl (C=O) groups excluding carboxylic acids is 1. The van der Waals surface area contributed by atoms with Gasteiger partial charge in [-0.3, -0.25) is 0 Å². The van der Waals surface area contributed by atoms with Crippen molar-refractivity contribution in [3.05, 3.63) is 12.2 Å². The second-order valence-corrected chi connectivity index (χ2v) is 6.30. The molecule has 0 unspecified atom stereocenters. The number of carbonyl (C=O) groups is 1. The van der Waals surface area contributed by atoms with Gasteiger partial charge in [0.25, 0.3) is 0 Å². The van der Waals surface area contributed by atoms with E-state index in [1.54, 1.807) is 0 Å². The van der Waals surface area contributed by atoms with Gasteiger partial charge in [-0.1, -0.05) is 19.1 Å². The quantitative estimate of drug-likeness (QED) is 0.572. The Hall–Kier alpha value is -1.03. The first kappa shape index (κ1) is 17.0. The molecule has 0 spiro atoms. The van der Waals surface area contributed by atoms with E-state index >= 15 is 0 Å². The molecule has 1 rings (SSSR count). The SMILES string of the molecule is CC/C=C/C[C@@H]1O[C@@H](C)CC[C@@H]1OC(=O)OC(C)(C)C. The molecule has 1 aliphatic heterocycles. The summed E-state index contributed by atoms with van der Waals surface area (Å²) in [5.74, 6) is 0. The molecule has 0 radical (unpaired) electrons. The van der Waals surface area contributed by atoms with E-state index in [-0.39, 0.29) is 18.3 Å². The summed E-state index contributed by atoms with van der Waals surface area (Å²) in [7, 11) is 0. The van der Waals surface area contributed by atoms with Crippen molar-refractivity contribution in [2.24, 2.45) is 0 Å². The Bertz CT molecular complexity index is 330. The summed E-state index contributed by atoms with van der Waals surface area (Å²) in [6, 6.07) is 0. The zero-order valence-corrected chi connectivity index (χ0v) is 13.3. The lowest BCUT2D eigenvalue weighted by atomic mass is 9.99. The summed E-state index contributed by atoms with van der Waals surface area (Å²) in [6.07, 6.45) is 7.01. The molecule has 1 fully saturated rings. The van der Waals surface area contributed by atoms with E-state index in [0.717, 1.165) is 25.7 Å². The summed E-state index contributed by atoms with van der Waals surface area (Å²) in [5, 5.41) is 0. The van der Waals surface area contributed by atoms with E-state index in [4.69, 9.17) is 14.2 Å². The van der Waals surface area contributed by atoms with Crippen molar-refractivity contribution < 1.29 is 19.0 Å². The normalized spacial score (nSPS) is 27.6. The van der Waals surface area contributed by atoms with Crippen LogP contribution in [0, 0.1) is 0 Å². The highest BCUT2D eigenvalue weighted by atomic mass is 16.7. The molecule has 0 bridgehead atoms. The largest absolute Gasteiger partial charge is 0.509 e. The molecule has 1 heterocycles. The van der Waals surface area contributed by atoms with Gasteiger partial charge in [-0.15, -0.1) is 0 Å². The van der Waals surface area contributed by atoms with Gasteiger partial charge in [0.1, 0.15) is 11.7 Å². The van der Waals surface area contributed by atoms with Crippen molar-refractivity contribution >= 4 is 6.16 Å². The summed E-state index contributed by atoms with van der Waals surface area (Å²) in [5.41, 5.74) is -0.530. The number of hydrogen-bond donors (Lipinski definition) is 0. The van der Waals surface area contributed by atoms with Crippen LogP contribution < -0.4 is 0 Å². The number of ether oxygens (including phenoxy) is 3. The number of hydrogen-bond acceptors (Lipinski definition) is 4. The summed E-state index contributed by atoms with van der Waals surface area (Å²) in [6.45, 7) is 9.63. The highest BCUT2D eigenvalue weighted by Gasteiger charge is 2.32. The maximum atomic E-state index is 11.8. The minimum absolute atomic E-state index is 0.0749. The van der Waals surface area contributed by atoms with Crippen LogP contribution >= 0.6 is 0 Å². The molecule has 4 heteroatoms. The molecule has 116 valence electrons. The van der Waals surface area contributed by atoms with E-state index in [9.17, 15) is 4.79 Å². The smallest absolute Gasteiger partial charge is 0.429 e. The minimum Gasteiger partial charge on any atom is -0.429 e.